The van der Waals surface area contributed by atoms with Gasteiger partial charge in [0.1, 0.15) is 5.75 Å². The molecule has 0 fully saturated rings. The fraction of sp³-hybridized carbons (Fsp3) is 0.0435. The maximum atomic E-state index is 12.9. The zero-order chi connectivity index (χ0) is 22.1. The molecule has 4 rings (SSSR count). The van der Waals surface area contributed by atoms with E-state index in [4.69, 9.17) is 9.84 Å². The third-order valence-corrected chi connectivity index (χ3v) is 4.85. The fourth-order valence-corrected chi connectivity index (χ4v) is 3.28. The van der Waals surface area contributed by atoms with Crippen LogP contribution in [0.3, 0.4) is 0 Å². The number of nitrogens with one attached hydrogen (secondary N) is 1. The first-order valence-electron chi connectivity index (χ1n) is 9.20. The Bertz CT molecular complexity index is 1230. The third-order valence-electron chi connectivity index (χ3n) is 4.85. The van der Waals surface area contributed by atoms with Crippen molar-refractivity contribution in [2.24, 2.45) is 0 Å². The molecule has 31 heavy (non-hydrogen) atoms. The number of rotatable bonds is 5. The predicted molar refractivity (Wildman–Crippen MR) is 112 cm³/mol. The van der Waals surface area contributed by atoms with Crippen LogP contribution in [0.15, 0.2) is 66.7 Å². The summed E-state index contributed by atoms with van der Waals surface area (Å²) in [6.45, 7) is 0. The molecule has 0 aliphatic carbocycles. The molecule has 8 heteroatoms. The van der Waals surface area contributed by atoms with E-state index in [0.29, 0.717) is 17.1 Å². The molecule has 1 aliphatic heterocycles. The quantitative estimate of drug-likeness (QED) is 0.616. The number of hydrogen-bond donors (Lipinski definition) is 2. The second-order valence-corrected chi connectivity index (χ2v) is 6.74. The minimum absolute atomic E-state index is 0.0302. The summed E-state index contributed by atoms with van der Waals surface area (Å²) in [7, 11) is 1.52. The summed E-state index contributed by atoms with van der Waals surface area (Å²) in [6, 6.07) is 16.5. The molecule has 0 bridgehead atoms. The molecule has 0 aromatic heterocycles. The van der Waals surface area contributed by atoms with Crippen molar-refractivity contribution in [3.8, 4) is 5.75 Å². The van der Waals surface area contributed by atoms with Crippen LogP contribution in [0.25, 0.3) is 0 Å². The first kappa shape index (κ1) is 19.8. The van der Waals surface area contributed by atoms with Gasteiger partial charge < -0.3 is 15.2 Å². The van der Waals surface area contributed by atoms with E-state index >= 15 is 0 Å². The monoisotopic (exact) mass is 416 g/mol. The van der Waals surface area contributed by atoms with Gasteiger partial charge in [0.2, 0.25) is 0 Å². The van der Waals surface area contributed by atoms with Crippen molar-refractivity contribution in [2.75, 3.05) is 17.3 Å². The summed E-state index contributed by atoms with van der Waals surface area (Å²) >= 11 is 0. The van der Waals surface area contributed by atoms with Gasteiger partial charge in [-0.25, -0.2) is 9.69 Å². The number of carboxylic acid groups (broad SMARTS) is 1. The number of carbonyl (C=O) groups is 4. The number of ether oxygens (including phenoxy) is 1. The standard InChI is InChI=1S/C23H16N2O6/c1-31-17-8-6-16(7-9-17)25-21(27)18-10-5-13(12-19(18)22(25)28)20(26)24-15-4-2-3-14(11-15)23(29)30/h2-12H,1H3,(H,24,26)(H,29,30). The topological polar surface area (TPSA) is 113 Å². The molecule has 0 unspecified atom stereocenters. The van der Waals surface area contributed by atoms with Crippen molar-refractivity contribution in [3.63, 3.8) is 0 Å². The van der Waals surface area contributed by atoms with Crippen molar-refractivity contribution >= 4 is 35.1 Å². The van der Waals surface area contributed by atoms with Crippen LogP contribution in [0.1, 0.15) is 41.4 Å². The SMILES string of the molecule is COc1ccc(N2C(=O)c3ccc(C(=O)Nc4cccc(C(=O)O)c4)cc3C2=O)cc1. The third kappa shape index (κ3) is 3.62. The number of methoxy groups -OCH3 is 1. The average molecular weight is 416 g/mol. The van der Waals surface area contributed by atoms with Gasteiger partial charge in [0.25, 0.3) is 17.7 Å². The zero-order valence-corrected chi connectivity index (χ0v) is 16.3. The van der Waals surface area contributed by atoms with Crippen LogP contribution >= 0.6 is 0 Å². The molecule has 3 amide bonds. The number of imide groups is 1. The Hall–Kier alpha value is -4.46. The number of anilines is 2. The number of fused-ring (bicyclic) bond motifs is 1. The summed E-state index contributed by atoms with van der Waals surface area (Å²) < 4.78 is 5.09. The average Bonchev–Trinajstić information content (AvgIpc) is 3.03. The maximum absolute atomic E-state index is 12.9. The largest absolute Gasteiger partial charge is 0.497 e. The van der Waals surface area contributed by atoms with Gasteiger partial charge >= 0.3 is 5.97 Å². The minimum atomic E-state index is -1.11. The number of amides is 3. The van der Waals surface area contributed by atoms with Crippen molar-refractivity contribution in [3.05, 3.63) is 89.0 Å². The Balaban J connectivity index is 1.60. The number of carboxylic acids is 1. The molecule has 154 valence electrons. The highest BCUT2D eigenvalue weighted by molar-refractivity contribution is 6.34. The molecule has 3 aromatic carbocycles. The lowest BCUT2D eigenvalue weighted by molar-refractivity contribution is 0.0696. The van der Waals surface area contributed by atoms with Gasteiger partial charge in [-0.3, -0.25) is 14.4 Å². The summed E-state index contributed by atoms with van der Waals surface area (Å²) in [5.41, 5.74) is 1.20. The number of hydrogen-bond acceptors (Lipinski definition) is 5. The molecule has 0 saturated carbocycles. The molecule has 1 heterocycles. The van der Waals surface area contributed by atoms with Crippen molar-refractivity contribution in [1.82, 2.24) is 0 Å². The number of aromatic carboxylic acids is 1. The minimum Gasteiger partial charge on any atom is -0.497 e. The lowest BCUT2D eigenvalue weighted by Crippen LogP contribution is -2.29. The highest BCUT2D eigenvalue weighted by Crippen LogP contribution is 2.30. The first-order chi connectivity index (χ1) is 14.9. The van der Waals surface area contributed by atoms with Crippen molar-refractivity contribution < 1.29 is 29.0 Å². The second kappa shape index (κ2) is 7.75. The molecule has 2 N–H and O–H groups in total. The normalized spacial score (nSPS) is 12.5. The van der Waals surface area contributed by atoms with Crippen LogP contribution in [0, 0.1) is 0 Å². The lowest BCUT2D eigenvalue weighted by atomic mass is 10.1. The molecule has 0 spiro atoms. The van der Waals surface area contributed by atoms with Gasteiger partial charge in [-0.2, -0.15) is 0 Å². The van der Waals surface area contributed by atoms with E-state index in [1.165, 1.54) is 43.5 Å². The van der Waals surface area contributed by atoms with Gasteiger partial charge in [0.15, 0.2) is 0 Å². The van der Waals surface area contributed by atoms with Gasteiger partial charge in [-0.1, -0.05) is 6.07 Å². The number of nitrogens with zero attached hydrogens (tertiary/aromatic N) is 1. The molecule has 1 aliphatic rings. The van der Waals surface area contributed by atoms with Crippen LogP contribution < -0.4 is 15.0 Å². The van der Waals surface area contributed by atoms with Gasteiger partial charge in [0.05, 0.1) is 29.5 Å². The van der Waals surface area contributed by atoms with E-state index in [0.717, 1.165) is 4.90 Å². The molecule has 8 nitrogen and oxygen atoms in total. The Labute approximate surface area is 176 Å². The second-order valence-electron chi connectivity index (χ2n) is 6.74. The lowest BCUT2D eigenvalue weighted by Gasteiger charge is -2.14. The summed E-state index contributed by atoms with van der Waals surface area (Å²) in [5, 5.41) is 11.7. The Morgan fingerprint density at radius 2 is 1.58 bits per heavy atom. The van der Waals surface area contributed by atoms with E-state index < -0.39 is 23.7 Å². The fourth-order valence-electron chi connectivity index (χ4n) is 3.28. The zero-order valence-electron chi connectivity index (χ0n) is 16.3. The van der Waals surface area contributed by atoms with Gasteiger partial charge in [-0.15, -0.1) is 0 Å². The Kier molecular flexibility index (Phi) is 4.96. The van der Waals surface area contributed by atoms with Crippen LogP contribution in [0.5, 0.6) is 5.75 Å². The summed E-state index contributed by atoms with van der Waals surface area (Å²) in [6.07, 6.45) is 0. The highest BCUT2D eigenvalue weighted by Gasteiger charge is 2.37. The van der Waals surface area contributed by atoms with Crippen molar-refractivity contribution in [2.45, 2.75) is 0 Å². The number of benzene rings is 3. The van der Waals surface area contributed by atoms with Crippen molar-refractivity contribution in [1.29, 1.82) is 0 Å². The van der Waals surface area contributed by atoms with Crippen LogP contribution in [0.2, 0.25) is 0 Å². The van der Waals surface area contributed by atoms with Crippen LogP contribution in [-0.2, 0) is 0 Å². The summed E-state index contributed by atoms with van der Waals surface area (Å²) in [4.78, 5) is 50.4. The molecule has 0 radical (unpaired) electrons. The predicted octanol–water partition coefficient (Wildman–Crippen LogP) is 3.45. The number of carbonyl (C=O) groups excluding carboxylic acids is 3. The molecular formula is C23H16N2O6. The van der Waals surface area contributed by atoms with Gasteiger partial charge in [0, 0.05) is 11.3 Å². The van der Waals surface area contributed by atoms with E-state index in [1.807, 2.05) is 0 Å². The molecule has 0 atom stereocenters. The first-order valence-corrected chi connectivity index (χ1v) is 9.20. The maximum Gasteiger partial charge on any atom is 0.335 e. The van der Waals surface area contributed by atoms with Crippen LogP contribution in [0.4, 0.5) is 11.4 Å². The Morgan fingerprint density at radius 1 is 0.871 bits per heavy atom. The Morgan fingerprint density at radius 3 is 2.26 bits per heavy atom. The van der Waals surface area contributed by atoms with Gasteiger partial charge in [-0.05, 0) is 60.7 Å². The van der Waals surface area contributed by atoms with E-state index in [-0.39, 0.29) is 22.3 Å². The van der Waals surface area contributed by atoms with Crippen LogP contribution in [-0.4, -0.2) is 35.9 Å². The van der Waals surface area contributed by atoms with E-state index in [1.54, 1.807) is 30.3 Å². The highest BCUT2D eigenvalue weighted by atomic mass is 16.5. The van der Waals surface area contributed by atoms with E-state index in [2.05, 4.69) is 5.32 Å². The molecular weight excluding hydrogens is 400 g/mol. The summed E-state index contributed by atoms with van der Waals surface area (Å²) in [5.74, 6) is -2.07. The smallest absolute Gasteiger partial charge is 0.335 e. The molecule has 3 aromatic rings. The van der Waals surface area contributed by atoms with E-state index in [9.17, 15) is 19.2 Å². The molecule has 0 saturated heterocycles.